The SMILES string of the molecule is O[C@@H]1C[C@H]2CN(c3ncnc4sccc34)C[C@H]2C[C@H]1n1ccnc1. The monoisotopic (exact) mass is 341 g/mol. The van der Waals surface area contributed by atoms with Crippen LogP contribution in [-0.4, -0.2) is 43.8 Å². The third kappa shape index (κ3) is 2.22. The molecular formula is C17H19N5OS. The van der Waals surface area contributed by atoms with E-state index in [4.69, 9.17) is 0 Å². The van der Waals surface area contributed by atoms with Crippen LogP contribution in [0.25, 0.3) is 10.2 Å². The maximum atomic E-state index is 10.6. The van der Waals surface area contributed by atoms with Gasteiger partial charge in [-0.3, -0.25) is 0 Å². The molecule has 1 saturated carbocycles. The van der Waals surface area contributed by atoms with E-state index in [0.717, 1.165) is 42.0 Å². The second kappa shape index (κ2) is 5.53. The molecule has 1 aliphatic carbocycles. The van der Waals surface area contributed by atoms with Crippen molar-refractivity contribution >= 4 is 27.4 Å². The van der Waals surface area contributed by atoms with Gasteiger partial charge in [0, 0.05) is 25.5 Å². The van der Waals surface area contributed by atoms with E-state index in [2.05, 4.69) is 35.9 Å². The molecule has 124 valence electrons. The van der Waals surface area contributed by atoms with Gasteiger partial charge in [0.05, 0.1) is 23.9 Å². The second-order valence-corrected chi connectivity index (χ2v) is 7.77. The van der Waals surface area contributed by atoms with Crippen LogP contribution in [0.3, 0.4) is 0 Å². The maximum Gasteiger partial charge on any atom is 0.140 e. The molecule has 7 heteroatoms. The van der Waals surface area contributed by atoms with Gasteiger partial charge in [-0.15, -0.1) is 11.3 Å². The molecule has 0 radical (unpaired) electrons. The quantitative estimate of drug-likeness (QED) is 0.775. The summed E-state index contributed by atoms with van der Waals surface area (Å²) in [5.41, 5.74) is 0. The summed E-state index contributed by atoms with van der Waals surface area (Å²) < 4.78 is 2.06. The van der Waals surface area contributed by atoms with Crippen LogP contribution in [0.4, 0.5) is 5.82 Å². The lowest BCUT2D eigenvalue weighted by Gasteiger charge is -2.35. The number of hydrogen-bond acceptors (Lipinski definition) is 6. The lowest BCUT2D eigenvalue weighted by Crippen LogP contribution is -2.35. The number of aromatic nitrogens is 4. The molecule has 0 aromatic carbocycles. The fraction of sp³-hybridized carbons (Fsp3) is 0.471. The van der Waals surface area contributed by atoms with Crippen molar-refractivity contribution in [1.29, 1.82) is 0 Å². The van der Waals surface area contributed by atoms with Crippen LogP contribution in [-0.2, 0) is 0 Å². The fourth-order valence-electron chi connectivity index (χ4n) is 4.40. The zero-order valence-electron chi connectivity index (χ0n) is 13.2. The van der Waals surface area contributed by atoms with Gasteiger partial charge in [-0.2, -0.15) is 0 Å². The van der Waals surface area contributed by atoms with E-state index in [1.807, 2.05) is 12.5 Å². The Labute approximate surface area is 143 Å². The molecule has 1 aliphatic heterocycles. The van der Waals surface area contributed by atoms with Gasteiger partial charge in [0.15, 0.2) is 0 Å². The van der Waals surface area contributed by atoms with Crippen molar-refractivity contribution < 1.29 is 5.11 Å². The van der Waals surface area contributed by atoms with Gasteiger partial charge in [-0.25, -0.2) is 15.0 Å². The summed E-state index contributed by atoms with van der Waals surface area (Å²) in [4.78, 5) is 16.5. The highest BCUT2D eigenvalue weighted by Gasteiger charge is 2.42. The number of hydrogen-bond donors (Lipinski definition) is 1. The molecule has 2 aliphatic rings. The molecule has 1 saturated heterocycles. The highest BCUT2D eigenvalue weighted by molar-refractivity contribution is 7.16. The third-order valence-corrected chi connectivity index (χ3v) is 6.38. The molecule has 0 unspecified atom stereocenters. The molecule has 1 N–H and O–H groups in total. The Hall–Kier alpha value is -1.99. The molecule has 0 bridgehead atoms. The molecule has 5 rings (SSSR count). The van der Waals surface area contributed by atoms with Crippen molar-refractivity contribution in [2.24, 2.45) is 11.8 Å². The van der Waals surface area contributed by atoms with Gasteiger partial charge in [0.25, 0.3) is 0 Å². The van der Waals surface area contributed by atoms with E-state index >= 15 is 0 Å². The highest BCUT2D eigenvalue weighted by Crippen LogP contribution is 2.43. The first-order chi connectivity index (χ1) is 11.8. The summed E-state index contributed by atoms with van der Waals surface area (Å²) in [5.74, 6) is 2.16. The van der Waals surface area contributed by atoms with Crippen molar-refractivity contribution in [3.8, 4) is 0 Å². The number of thiophene rings is 1. The number of imidazole rings is 1. The first kappa shape index (κ1) is 14.4. The normalized spacial score (nSPS) is 30.0. The third-order valence-electron chi connectivity index (χ3n) is 5.56. The van der Waals surface area contributed by atoms with Crippen molar-refractivity contribution in [3.63, 3.8) is 0 Å². The molecule has 0 spiro atoms. The largest absolute Gasteiger partial charge is 0.391 e. The lowest BCUT2D eigenvalue weighted by atomic mass is 9.77. The minimum Gasteiger partial charge on any atom is -0.391 e. The standard InChI is InChI=1S/C17H19N5OS/c23-15-6-12-8-22(16-13-1-4-24-17(13)20-9-19-16)7-11(12)5-14(15)21-3-2-18-10-21/h1-4,9-12,14-15,23H,5-8H2/t11-,12+,14-,15-/m1/s1. The summed E-state index contributed by atoms with van der Waals surface area (Å²) in [7, 11) is 0. The van der Waals surface area contributed by atoms with Gasteiger partial charge in [0.2, 0.25) is 0 Å². The Bertz CT molecular complexity index is 848. The molecule has 24 heavy (non-hydrogen) atoms. The summed E-state index contributed by atoms with van der Waals surface area (Å²) in [6, 6.07) is 2.25. The Morgan fingerprint density at radius 3 is 2.88 bits per heavy atom. The Morgan fingerprint density at radius 2 is 2.04 bits per heavy atom. The molecule has 6 nitrogen and oxygen atoms in total. The number of fused-ring (bicyclic) bond motifs is 2. The Morgan fingerprint density at radius 1 is 1.17 bits per heavy atom. The number of aliphatic hydroxyl groups excluding tert-OH is 1. The van der Waals surface area contributed by atoms with Gasteiger partial charge in [-0.1, -0.05) is 0 Å². The number of aliphatic hydroxyl groups is 1. The molecule has 4 heterocycles. The van der Waals surface area contributed by atoms with Crippen molar-refractivity contribution in [3.05, 3.63) is 36.5 Å². The van der Waals surface area contributed by atoms with Crippen molar-refractivity contribution in [2.75, 3.05) is 18.0 Å². The second-order valence-electron chi connectivity index (χ2n) is 6.88. The van der Waals surface area contributed by atoms with Gasteiger partial charge >= 0.3 is 0 Å². The first-order valence-corrected chi connectivity index (χ1v) is 9.26. The molecular weight excluding hydrogens is 322 g/mol. The number of anilines is 1. The summed E-state index contributed by atoms with van der Waals surface area (Å²) in [6.07, 6.45) is 8.78. The highest BCUT2D eigenvalue weighted by atomic mass is 32.1. The summed E-state index contributed by atoms with van der Waals surface area (Å²) >= 11 is 1.66. The van der Waals surface area contributed by atoms with E-state index in [9.17, 15) is 5.11 Å². The van der Waals surface area contributed by atoms with Crippen LogP contribution >= 0.6 is 11.3 Å². The van der Waals surface area contributed by atoms with Crippen molar-refractivity contribution in [1.82, 2.24) is 19.5 Å². The Balaban J connectivity index is 1.41. The lowest BCUT2D eigenvalue weighted by molar-refractivity contribution is 0.0358. The predicted octanol–water partition coefficient (Wildman–Crippen LogP) is 2.34. The minimum atomic E-state index is -0.299. The smallest absolute Gasteiger partial charge is 0.140 e. The zero-order valence-corrected chi connectivity index (χ0v) is 14.0. The van der Waals surface area contributed by atoms with Crippen LogP contribution in [0, 0.1) is 11.8 Å². The molecule has 3 aromatic heterocycles. The fourth-order valence-corrected chi connectivity index (χ4v) is 5.12. The Kier molecular flexibility index (Phi) is 3.31. The van der Waals surface area contributed by atoms with Gasteiger partial charge < -0.3 is 14.6 Å². The van der Waals surface area contributed by atoms with Gasteiger partial charge in [0.1, 0.15) is 17.0 Å². The van der Waals surface area contributed by atoms with E-state index in [0.29, 0.717) is 11.8 Å². The van der Waals surface area contributed by atoms with Gasteiger partial charge in [-0.05, 0) is 36.1 Å². The summed E-state index contributed by atoms with van der Waals surface area (Å²) in [5, 5.41) is 13.8. The van der Waals surface area contributed by atoms with Crippen molar-refractivity contribution in [2.45, 2.75) is 25.0 Å². The van der Waals surface area contributed by atoms with Crippen LogP contribution in [0.2, 0.25) is 0 Å². The number of nitrogens with zero attached hydrogens (tertiary/aromatic N) is 5. The molecule has 0 amide bonds. The van der Waals surface area contributed by atoms with Crippen LogP contribution in [0.1, 0.15) is 18.9 Å². The minimum absolute atomic E-state index is 0.139. The average Bonchev–Trinajstić information content (AvgIpc) is 3.32. The van der Waals surface area contributed by atoms with Crippen LogP contribution < -0.4 is 4.90 Å². The maximum absolute atomic E-state index is 10.6. The van der Waals surface area contributed by atoms with E-state index in [-0.39, 0.29) is 12.1 Å². The van der Waals surface area contributed by atoms with E-state index in [1.54, 1.807) is 23.9 Å². The topological polar surface area (TPSA) is 67.1 Å². The number of rotatable bonds is 2. The average molecular weight is 341 g/mol. The van der Waals surface area contributed by atoms with E-state index < -0.39 is 0 Å². The zero-order chi connectivity index (χ0) is 16.1. The summed E-state index contributed by atoms with van der Waals surface area (Å²) in [6.45, 7) is 1.98. The molecule has 4 atom stereocenters. The van der Waals surface area contributed by atoms with E-state index in [1.165, 1.54) is 0 Å². The molecule has 2 fully saturated rings. The first-order valence-electron chi connectivity index (χ1n) is 8.38. The van der Waals surface area contributed by atoms with Crippen LogP contribution in [0.5, 0.6) is 0 Å². The predicted molar refractivity (Wildman–Crippen MR) is 93.1 cm³/mol. The molecule has 3 aromatic rings. The van der Waals surface area contributed by atoms with Crippen LogP contribution in [0.15, 0.2) is 36.5 Å².